The van der Waals surface area contributed by atoms with Crippen LogP contribution in [-0.2, 0) is 10.2 Å². The van der Waals surface area contributed by atoms with Gasteiger partial charge in [0.05, 0.1) is 9.89 Å². The molecule has 0 saturated heterocycles. The molecule has 2 aromatic heterocycles. The van der Waals surface area contributed by atoms with Crippen molar-refractivity contribution in [1.29, 1.82) is 0 Å². The van der Waals surface area contributed by atoms with Crippen molar-refractivity contribution in [3.05, 3.63) is 57.9 Å². The highest BCUT2D eigenvalue weighted by molar-refractivity contribution is 9.10. The number of aromatic nitrogens is 3. The quantitative estimate of drug-likeness (QED) is 0.626. The number of fused-ring (bicyclic) bond motifs is 3. The van der Waals surface area contributed by atoms with Crippen molar-refractivity contribution in [3.63, 3.8) is 0 Å². The SMILES string of the molecule is O=C(CN1C[C@@]2(CC2(F)F)c2c(ccc(Br)c2F)C1=O)Nc1nc2ccccn2n1. The largest absolute Gasteiger partial charge is 0.328 e. The second-order valence-electron chi connectivity index (χ2n) is 7.40. The first-order chi connectivity index (χ1) is 14.2. The van der Waals surface area contributed by atoms with Crippen LogP contribution in [0.25, 0.3) is 5.65 Å². The van der Waals surface area contributed by atoms with E-state index < -0.39 is 48.5 Å². The first-order valence-corrected chi connectivity index (χ1v) is 9.78. The summed E-state index contributed by atoms with van der Waals surface area (Å²) in [5, 5.41) is 6.55. The topological polar surface area (TPSA) is 79.6 Å². The second-order valence-corrected chi connectivity index (χ2v) is 8.25. The molecule has 1 spiro atoms. The summed E-state index contributed by atoms with van der Waals surface area (Å²) in [6, 6.07) is 7.79. The molecule has 2 amide bonds. The van der Waals surface area contributed by atoms with Gasteiger partial charge >= 0.3 is 0 Å². The zero-order chi connectivity index (χ0) is 21.3. The highest BCUT2D eigenvalue weighted by Crippen LogP contribution is 2.64. The van der Waals surface area contributed by atoms with Gasteiger partial charge in [0, 0.05) is 30.3 Å². The van der Waals surface area contributed by atoms with E-state index in [0.717, 1.165) is 4.90 Å². The number of hydrogen-bond acceptors (Lipinski definition) is 4. The van der Waals surface area contributed by atoms with Crippen LogP contribution >= 0.6 is 15.9 Å². The smallest absolute Gasteiger partial charge is 0.260 e. The number of alkyl halides is 2. The first kappa shape index (κ1) is 19.0. The number of nitrogens with one attached hydrogen (secondary N) is 1. The molecule has 3 aromatic rings. The maximum absolute atomic E-state index is 14.7. The predicted molar refractivity (Wildman–Crippen MR) is 103 cm³/mol. The van der Waals surface area contributed by atoms with Gasteiger partial charge in [0.25, 0.3) is 11.8 Å². The van der Waals surface area contributed by atoms with E-state index in [4.69, 9.17) is 0 Å². The minimum atomic E-state index is -3.16. The Morgan fingerprint density at radius 1 is 1.27 bits per heavy atom. The number of amides is 2. The summed E-state index contributed by atoms with van der Waals surface area (Å²) in [5.41, 5.74) is -1.76. The van der Waals surface area contributed by atoms with Crippen LogP contribution in [0.1, 0.15) is 22.3 Å². The molecule has 154 valence electrons. The number of nitrogens with zero attached hydrogens (tertiary/aromatic N) is 4. The molecule has 0 unspecified atom stereocenters. The highest BCUT2D eigenvalue weighted by Gasteiger charge is 2.75. The highest BCUT2D eigenvalue weighted by atomic mass is 79.9. The average molecular weight is 480 g/mol. The zero-order valence-corrected chi connectivity index (χ0v) is 16.8. The molecule has 0 bridgehead atoms. The van der Waals surface area contributed by atoms with Crippen LogP contribution in [-0.4, -0.2) is 50.3 Å². The molecule has 1 atom stereocenters. The Kier molecular flexibility index (Phi) is 3.98. The molecule has 7 nitrogen and oxygen atoms in total. The molecule has 1 saturated carbocycles. The van der Waals surface area contributed by atoms with Crippen molar-refractivity contribution in [2.45, 2.75) is 17.8 Å². The van der Waals surface area contributed by atoms with E-state index >= 15 is 0 Å². The predicted octanol–water partition coefficient (Wildman–Crippen LogP) is 3.00. The summed E-state index contributed by atoms with van der Waals surface area (Å²) in [4.78, 5) is 30.4. The van der Waals surface area contributed by atoms with Gasteiger partial charge in [0.15, 0.2) is 5.65 Å². The summed E-state index contributed by atoms with van der Waals surface area (Å²) in [7, 11) is 0. The number of carbonyl (C=O) groups excluding carboxylic acids is 2. The van der Waals surface area contributed by atoms with Crippen molar-refractivity contribution in [2.75, 3.05) is 18.4 Å². The van der Waals surface area contributed by atoms with E-state index in [-0.39, 0.29) is 21.5 Å². The normalized spacial score (nSPS) is 21.7. The summed E-state index contributed by atoms with van der Waals surface area (Å²) >= 11 is 2.99. The molecule has 1 aliphatic carbocycles. The van der Waals surface area contributed by atoms with Gasteiger partial charge in [-0.1, -0.05) is 6.07 Å². The molecule has 5 rings (SSSR count). The fourth-order valence-electron chi connectivity index (χ4n) is 3.97. The van der Waals surface area contributed by atoms with E-state index in [2.05, 4.69) is 31.3 Å². The Morgan fingerprint density at radius 2 is 2.03 bits per heavy atom. The monoisotopic (exact) mass is 479 g/mol. The van der Waals surface area contributed by atoms with Gasteiger partial charge in [0.1, 0.15) is 12.4 Å². The number of halogens is 4. The molecule has 11 heteroatoms. The lowest BCUT2D eigenvalue weighted by Gasteiger charge is -2.34. The van der Waals surface area contributed by atoms with Crippen LogP contribution < -0.4 is 5.32 Å². The number of carbonyl (C=O) groups is 2. The zero-order valence-electron chi connectivity index (χ0n) is 15.2. The molecule has 0 radical (unpaired) electrons. The third-order valence-corrected chi connectivity index (χ3v) is 6.09. The number of hydrogen-bond donors (Lipinski definition) is 1. The van der Waals surface area contributed by atoms with Crippen molar-refractivity contribution in [3.8, 4) is 0 Å². The minimum absolute atomic E-state index is 0.0141. The Labute approximate surface area is 176 Å². The lowest BCUT2D eigenvalue weighted by Crippen LogP contribution is -2.49. The van der Waals surface area contributed by atoms with Crippen LogP contribution in [0.15, 0.2) is 41.0 Å². The van der Waals surface area contributed by atoms with Crippen LogP contribution in [0.4, 0.5) is 19.1 Å². The van der Waals surface area contributed by atoms with E-state index in [1.165, 1.54) is 16.6 Å². The van der Waals surface area contributed by atoms with Crippen LogP contribution in [0, 0.1) is 5.82 Å². The summed E-state index contributed by atoms with van der Waals surface area (Å²) in [6.45, 7) is -0.936. The minimum Gasteiger partial charge on any atom is -0.328 e. The van der Waals surface area contributed by atoms with Crippen LogP contribution in [0.5, 0.6) is 0 Å². The number of rotatable bonds is 3. The van der Waals surface area contributed by atoms with Gasteiger partial charge in [-0.2, -0.15) is 4.98 Å². The van der Waals surface area contributed by atoms with E-state index in [1.54, 1.807) is 24.4 Å². The van der Waals surface area contributed by atoms with E-state index in [9.17, 15) is 22.8 Å². The lowest BCUT2D eigenvalue weighted by atomic mass is 9.85. The molecule has 1 aliphatic heterocycles. The van der Waals surface area contributed by atoms with Gasteiger partial charge in [-0.05, 0) is 40.2 Å². The third kappa shape index (κ3) is 2.72. The van der Waals surface area contributed by atoms with E-state index in [1.807, 2.05) is 0 Å². The molecule has 1 N–H and O–H groups in total. The van der Waals surface area contributed by atoms with Crippen molar-refractivity contribution >= 4 is 39.3 Å². The Balaban J connectivity index is 1.42. The number of anilines is 1. The lowest BCUT2D eigenvalue weighted by molar-refractivity contribution is -0.117. The molecular formula is C19H13BrF3N5O2. The molecular weight excluding hydrogens is 467 g/mol. The molecule has 3 heterocycles. The van der Waals surface area contributed by atoms with Gasteiger partial charge in [-0.3, -0.25) is 14.9 Å². The summed E-state index contributed by atoms with van der Waals surface area (Å²) in [5.74, 6) is -5.32. The molecule has 1 fully saturated rings. The third-order valence-electron chi connectivity index (χ3n) is 5.48. The Hall–Kier alpha value is -2.95. The fraction of sp³-hybridized carbons (Fsp3) is 0.263. The molecule has 1 aromatic carbocycles. The van der Waals surface area contributed by atoms with Gasteiger partial charge < -0.3 is 4.90 Å². The Bertz CT molecular complexity index is 1200. The van der Waals surface area contributed by atoms with E-state index in [0.29, 0.717) is 5.65 Å². The second kappa shape index (κ2) is 6.27. The van der Waals surface area contributed by atoms with Crippen molar-refractivity contribution < 1.29 is 22.8 Å². The van der Waals surface area contributed by atoms with Crippen LogP contribution in [0.2, 0.25) is 0 Å². The molecule has 30 heavy (non-hydrogen) atoms. The van der Waals surface area contributed by atoms with Gasteiger partial charge in [-0.15, -0.1) is 5.10 Å². The van der Waals surface area contributed by atoms with Gasteiger partial charge in [0.2, 0.25) is 11.9 Å². The van der Waals surface area contributed by atoms with Crippen molar-refractivity contribution in [2.24, 2.45) is 0 Å². The maximum Gasteiger partial charge on any atom is 0.260 e. The maximum atomic E-state index is 14.7. The Morgan fingerprint density at radius 3 is 2.73 bits per heavy atom. The van der Waals surface area contributed by atoms with Crippen molar-refractivity contribution in [1.82, 2.24) is 19.5 Å². The summed E-state index contributed by atoms with van der Waals surface area (Å²) < 4.78 is 44.8. The number of benzene rings is 1. The first-order valence-electron chi connectivity index (χ1n) is 8.99. The van der Waals surface area contributed by atoms with Gasteiger partial charge in [-0.25, -0.2) is 17.7 Å². The molecule has 2 aliphatic rings. The standard InChI is InChI=1S/C19H13BrF3N5O2/c20-11-5-4-10-14(15(11)21)18(8-19(18,22)23)9-27(16(10)30)7-13(29)25-17-24-12-3-1-2-6-28(12)26-17/h1-6H,7-9H2,(H,25,26,29)/t18-/m0/s1. The fourth-order valence-corrected chi connectivity index (χ4v) is 4.30. The van der Waals surface area contributed by atoms with Crippen LogP contribution in [0.3, 0.4) is 0 Å². The number of pyridine rings is 1. The average Bonchev–Trinajstić information content (AvgIpc) is 3.03. The summed E-state index contributed by atoms with van der Waals surface area (Å²) in [6.07, 6.45) is 1.06.